The van der Waals surface area contributed by atoms with E-state index in [9.17, 15) is 14.7 Å². The van der Waals surface area contributed by atoms with Crippen LogP contribution in [0.4, 0.5) is 0 Å². The number of carbonyl (C=O) groups is 2. The van der Waals surface area contributed by atoms with Crippen LogP contribution in [0.3, 0.4) is 0 Å². The Morgan fingerprint density at radius 1 is 1.35 bits per heavy atom. The van der Waals surface area contributed by atoms with E-state index in [1.54, 1.807) is 0 Å². The second-order valence-electron chi connectivity index (χ2n) is 5.77. The Kier molecular flexibility index (Phi) is 2.99. The van der Waals surface area contributed by atoms with Crippen LogP contribution in [0.1, 0.15) is 26.7 Å². The normalized spacial score (nSPS) is 34.5. The van der Waals surface area contributed by atoms with Crippen LogP contribution in [0.25, 0.3) is 0 Å². The lowest BCUT2D eigenvalue weighted by Crippen LogP contribution is -2.53. The number of likely N-dealkylation sites (N-methyl/N-ethyl adjacent to an activating group) is 1. The fourth-order valence-electron chi connectivity index (χ4n) is 2.67. The largest absolute Gasteiger partial charge is 0.392 e. The fourth-order valence-corrected chi connectivity index (χ4v) is 2.67. The molecule has 2 aliphatic heterocycles. The van der Waals surface area contributed by atoms with Crippen molar-refractivity contribution >= 4 is 11.8 Å². The summed E-state index contributed by atoms with van der Waals surface area (Å²) in [5.41, 5.74) is -0.220. The fraction of sp³-hybridized carbons (Fsp3) is 0.833. The van der Waals surface area contributed by atoms with Crippen molar-refractivity contribution in [3.63, 3.8) is 0 Å². The van der Waals surface area contributed by atoms with Gasteiger partial charge in [0.2, 0.25) is 11.8 Å². The number of hydrogen-bond acceptors (Lipinski definition) is 4. The van der Waals surface area contributed by atoms with Gasteiger partial charge in [-0.2, -0.15) is 0 Å². The molecule has 2 amide bonds. The maximum Gasteiger partial charge on any atom is 0.246 e. The number of aliphatic hydroxyl groups is 1. The Morgan fingerprint density at radius 2 is 2.00 bits per heavy atom. The van der Waals surface area contributed by atoms with E-state index in [2.05, 4.69) is 0 Å². The van der Waals surface area contributed by atoms with Crippen LogP contribution < -0.4 is 0 Å². The number of amides is 2. The van der Waals surface area contributed by atoms with Crippen molar-refractivity contribution in [2.75, 3.05) is 20.1 Å². The number of carbonyl (C=O) groups excluding carboxylic acids is 2. The van der Waals surface area contributed by atoms with Crippen LogP contribution >= 0.6 is 0 Å². The van der Waals surface area contributed by atoms with Gasteiger partial charge in [0.05, 0.1) is 18.6 Å². The van der Waals surface area contributed by atoms with Gasteiger partial charge in [-0.25, -0.2) is 0 Å². The van der Waals surface area contributed by atoms with Crippen molar-refractivity contribution in [1.29, 1.82) is 0 Å². The maximum atomic E-state index is 11.9. The van der Waals surface area contributed by atoms with Crippen LogP contribution in [-0.4, -0.2) is 59.0 Å². The van der Waals surface area contributed by atoms with Gasteiger partial charge in [-0.1, -0.05) is 13.8 Å². The van der Waals surface area contributed by atoms with Gasteiger partial charge in [-0.15, -0.1) is 0 Å². The first-order valence-corrected chi connectivity index (χ1v) is 6.05. The van der Waals surface area contributed by atoms with Crippen molar-refractivity contribution in [3.05, 3.63) is 0 Å². The molecule has 2 atom stereocenters. The van der Waals surface area contributed by atoms with Gasteiger partial charge in [-0.05, 0) is 6.42 Å². The second-order valence-corrected chi connectivity index (χ2v) is 5.77. The molecule has 2 heterocycles. The van der Waals surface area contributed by atoms with Gasteiger partial charge >= 0.3 is 0 Å². The number of likely N-dealkylation sites (tertiary alicyclic amines) is 2. The van der Waals surface area contributed by atoms with Crippen LogP contribution in [0.2, 0.25) is 0 Å². The standard InChI is InChI=1S/C12H20N2O3/c1-12(2)7-14(5-4-9(12)15)8-6-10(16)13(3)11(8)17/h8-9,15H,4-7H2,1-3H3. The summed E-state index contributed by atoms with van der Waals surface area (Å²) >= 11 is 0. The van der Waals surface area contributed by atoms with E-state index in [-0.39, 0.29) is 35.8 Å². The highest BCUT2D eigenvalue weighted by Crippen LogP contribution is 2.32. The number of aliphatic hydroxyl groups excluding tert-OH is 1. The van der Waals surface area contributed by atoms with Crippen molar-refractivity contribution < 1.29 is 14.7 Å². The average molecular weight is 240 g/mol. The predicted octanol–water partition coefficient (Wildman–Crippen LogP) is -0.164. The quantitative estimate of drug-likeness (QED) is 0.647. The van der Waals surface area contributed by atoms with E-state index >= 15 is 0 Å². The molecule has 2 rings (SSSR count). The van der Waals surface area contributed by atoms with Crippen LogP contribution in [-0.2, 0) is 9.59 Å². The molecule has 96 valence electrons. The molecule has 17 heavy (non-hydrogen) atoms. The summed E-state index contributed by atoms with van der Waals surface area (Å²) in [7, 11) is 1.54. The Balaban J connectivity index is 2.10. The lowest BCUT2D eigenvalue weighted by atomic mass is 9.80. The zero-order chi connectivity index (χ0) is 12.8. The Morgan fingerprint density at radius 3 is 2.47 bits per heavy atom. The molecule has 0 aliphatic carbocycles. The predicted molar refractivity (Wildman–Crippen MR) is 62.2 cm³/mol. The van der Waals surface area contributed by atoms with Gasteiger partial charge in [-0.3, -0.25) is 19.4 Å². The van der Waals surface area contributed by atoms with Crippen molar-refractivity contribution in [2.24, 2.45) is 5.41 Å². The zero-order valence-electron chi connectivity index (χ0n) is 10.6. The molecule has 5 heteroatoms. The van der Waals surface area contributed by atoms with E-state index in [1.807, 2.05) is 18.7 Å². The Hall–Kier alpha value is -0.940. The summed E-state index contributed by atoms with van der Waals surface area (Å²) < 4.78 is 0. The molecule has 0 aromatic carbocycles. The van der Waals surface area contributed by atoms with E-state index in [1.165, 1.54) is 11.9 Å². The molecular formula is C12H20N2O3. The molecule has 2 unspecified atom stereocenters. The van der Waals surface area contributed by atoms with Gasteiger partial charge in [0.1, 0.15) is 0 Å². The summed E-state index contributed by atoms with van der Waals surface area (Å²) in [6, 6.07) is -0.320. The summed E-state index contributed by atoms with van der Waals surface area (Å²) in [6.07, 6.45) is 0.611. The molecule has 5 nitrogen and oxygen atoms in total. The van der Waals surface area contributed by atoms with Crippen molar-refractivity contribution in [2.45, 2.75) is 38.8 Å². The third-order valence-corrected chi connectivity index (χ3v) is 4.00. The van der Waals surface area contributed by atoms with Gasteiger partial charge in [0.15, 0.2) is 0 Å². The average Bonchev–Trinajstić information content (AvgIpc) is 2.50. The second kappa shape index (κ2) is 4.07. The lowest BCUT2D eigenvalue weighted by molar-refractivity contribution is -0.139. The van der Waals surface area contributed by atoms with Crippen LogP contribution in [0.15, 0.2) is 0 Å². The molecule has 2 aliphatic rings. The lowest BCUT2D eigenvalue weighted by Gasteiger charge is -2.43. The van der Waals surface area contributed by atoms with Gasteiger partial charge in [0, 0.05) is 25.6 Å². The molecule has 1 N–H and O–H groups in total. The van der Waals surface area contributed by atoms with E-state index in [0.717, 1.165) is 0 Å². The molecule has 2 fully saturated rings. The first-order chi connectivity index (χ1) is 7.83. The Labute approximate surface area is 101 Å². The number of hydrogen-bond donors (Lipinski definition) is 1. The molecule has 0 bridgehead atoms. The molecule has 0 aromatic rings. The number of rotatable bonds is 1. The van der Waals surface area contributed by atoms with E-state index < -0.39 is 0 Å². The highest BCUT2D eigenvalue weighted by Gasteiger charge is 2.44. The molecule has 2 saturated heterocycles. The smallest absolute Gasteiger partial charge is 0.246 e. The van der Waals surface area contributed by atoms with E-state index in [4.69, 9.17) is 0 Å². The molecular weight excluding hydrogens is 220 g/mol. The molecule has 0 saturated carbocycles. The number of imide groups is 1. The molecule has 0 radical (unpaired) electrons. The minimum Gasteiger partial charge on any atom is -0.392 e. The summed E-state index contributed by atoms with van der Waals surface area (Å²) in [5.74, 6) is -0.217. The number of nitrogens with zero attached hydrogens (tertiary/aromatic N) is 2. The highest BCUT2D eigenvalue weighted by molar-refractivity contribution is 6.05. The molecule has 0 aromatic heterocycles. The highest BCUT2D eigenvalue weighted by atomic mass is 16.3. The Bertz CT molecular complexity index is 354. The van der Waals surface area contributed by atoms with Crippen molar-refractivity contribution in [1.82, 2.24) is 9.80 Å². The topological polar surface area (TPSA) is 60.9 Å². The third-order valence-electron chi connectivity index (χ3n) is 4.00. The summed E-state index contributed by atoms with van der Waals surface area (Å²) in [5, 5.41) is 9.88. The monoisotopic (exact) mass is 240 g/mol. The molecule has 0 spiro atoms. The first kappa shape index (κ1) is 12.5. The van der Waals surface area contributed by atoms with Gasteiger partial charge < -0.3 is 5.11 Å². The summed E-state index contributed by atoms with van der Waals surface area (Å²) in [6.45, 7) is 5.33. The third kappa shape index (κ3) is 2.09. The van der Waals surface area contributed by atoms with Crippen molar-refractivity contribution in [3.8, 4) is 0 Å². The van der Waals surface area contributed by atoms with Crippen LogP contribution in [0.5, 0.6) is 0 Å². The minimum absolute atomic E-state index is 0.107. The number of piperidine rings is 1. The maximum absolute atomic E-state index is 11.9. The SMILES string of the molecule is CN1C(=O)CC(N2CCC(O)C(C)(C)C2)C1=O. The minimum atomic E-state index is -0.330. The van der Waals surface area contributed by atoms with Crippen LogP contribution in [0, 0.1) is 5.41 Å². The zero-order valence-corrected chi connectivity index (χ0v) is 10.6. The van der Waals surface area contributed by atoms with E-state index in [0.29, 0.717) is 19.5 Å². The van der Waals surface area contributed by atoms with Gasteiger partial charge in [0.25, 0.3) is 0 Å². The summed E-state index contributed by atoms with van der Waals surface area (Å²) in [4.78, 5) is 26.6. The first-order valence-electron chi connectivity index (χ1n) is 6.05.